The number of anilines is 1. The zero-order chi connectivity index (χ0) is 15.3. The second-order valence-electron chi connectivity index (χ2n) is 4.72. The molecule has 0 fully saturated rings. The standard InChI is InChI=1S/C14H22N2O3S/c1-5-8-16(9-10-17)20(18,19)13-7-6-12(2)14(11-13)15(3)4/h5-7,11,17H,1,8-10H2,2-4H3. The summed E-state index contributed by atoms with van der Waals surface area (Å²) >= 11 is 0. The third-order valence-electron chi connectivity index (χ3n) is 2.98. The Morgan fingerprint density at radius 2 is 2.00 bits per heavy atom. The molecule has 1 N–H and O–H groups in total. The number of benzene rings is 1. The first-order chi connectivity index (χ1) is 9.34. The predicted molar refractivity (Wildman–Crippen MR) is 81.5 cm³/mol. The zero-order valence-electron chi connectivity index (χ0n) is 12.2. The van der Waals surface area contributed by atoms with Crippen LogP contribution in [-0.2, 0) is 10.0 Å². The second kappa shape index (κ2) is 6.88. The Labute approximate surface area is 121 Å². The molecule has 1 rings (SSSR count). The molecule has 0 aliphatic rings. The molecular formula is C14H22N2O3S. The lowest BCUT2D eigenvalue weighted by Crippen LogP contribution is -2.33. The van der Waals surface area contributed by atoms with E-state index in [0.717, 1.165) is 11.3 Å². The highest BCUT2D eigenvalue weighted by Gasteiger charge is 2.23. The first kappa shape index (κ1) is 16.7. The van der Waals surface area contributed by atoms with Gasteiger partial charge in [0.15, 0.2) is 0 Å². The number of aliphatic hydroxyl groups is 1. The smallest absolute Gasteiger partial charge is 0.243 e. The van der Waals surface area contributed by atoms with Gasteiger partial charge in [0.2, 0.25) is 10.0 Å². The number of aryl methyl sites for hydroxylation is 1. The van der Waals surface area contributed by atoms with Crippen molar-refractivity contribution in [2.24, 2.45) is 0 Å². The molecule has 112 valence electrons. The molecule has 0 bridgehead atoms. The molecule has 0 atom stereocenters. The Morgan fingerprint density at radius 1 is 1.35 bits per heavy atom. The molecule has 0 radical (unpaired) electrons. The molecule has 0 aromatic heterocycles. The van der Waals surface area contributed by atoms with Crippen molar-refractivity contribution in [1.29, 1.82) is 0 Å². The van der Waals surface area contributed by atoms with Gasteiger partial charge < -0.3 is 10.0 Å². The fraction of sp³-hybridized carbons (Fsp3) is 0.429. The lowest BCUT2D eigenvalue weighted by Gasteiger charge is -2.22. The van der Waals surface area contributed by atoms with Crippen molar-refractivity contribution in [3.63, 3.8) is 0 Å². The van der Waals surface area contributed by atoms with Crippen LogP contribution >= 0.6 is 0 Å². The number of sulfonamides is 1. The SMILES string of the molecule is C=CCN(CCO)S(=O)(=O)c1ccc(C)c(N(C)C)c1. The first-order valence-corrected chi connectivity index (χ1v) is 7.78. The topological polar surface area (TPSA) is 60.9 Å². The van der Waals surface area contributed by atoms with Gasteiger partial charge in [0.25, 0.3) is 0 Å². The number of nitrogens with zero attached hydrogens (tertiary/aromatic N) is 2. The van der Waals surface area contributed by atoms with E-state index in [1.165, 1.54) is 10.4 Å². The fourth-order valence-electron chi connectivity index (χ4n) is 1.95. The van der Waals surface area contributed by atoms with Crippen molar-refractivity contribution in [2.45, 2.75) is 11.8 Å². The summed E-state index contributed by atoms with van der Waals surface area (Å²) in [5.41, 5.74) is 1.86. The Bertz CT molecular complexity index is 568. The monoisotopic (exact) mass is 298 g/mol. The van der Waals surface area contributed by atoms with Gasteiger partial charge in [-0.25, -0.2) is 8.42 Å². The van der Waals surface area contributed by atoms with Crippen molar-refractivity contribution < 1.29 is 13.5 Å². The molecular weight excluding hydrogens is 276 g/mol. The summed E-state index contributed by atoms with van der Waals surface area (Å²) in [6.07, 6.45) is 1.51. The highest BCUT2D eigenvalue weighted by atomic mass is 32.2. The van der Waals surface area contributed by atoms with Crippen LogP contribution in [0.2, 0.25) is 0 Å². The molecule has 0 aliphatic heterocycles. The Kier molecular flexibility index (Phi) is 5.74. The van der Waals surface area contributed by atoms with E-state index in [-0.39, 0.29) is 24.6 Å². The molecule has 1 aromatic rings. The van der Waals surface area contributed by atoms with Gasteiger partial charge in [0, 0.05) is 32.9 Å². The van der Waals surface area contributed by atoms with Crippen LogP contribution in [0.1, 0.15) is 5.56 Å². The van der Waals surface area contributed by atoms with Gasteiger partial charge in [0.1, 0.15) is 0 Å². The highest BCUT2D eigenvalue weighted by molar-refractivity contribution is 7.89. The summed E-state index contributed by atoms with van der Waals surface area (Å²) < 4.78 is 26.3. The number of hydrogen-bond acceptors (Lipinski definition) is 4. The first-order valence-electron chi connectivity index (χ1n) is 6.34. The minimum Gasteiger partial charge on any atom is -0.395 e. The van der Waals surface area contributed by atoms with Gasteiger partial charge in [-0.05, 0) is 24.6 Å². The zero-order valence-corrected chi connectivity index (χ0v) is 13.0. The average molecular weight is 298 g/mol. The van der Waals surface area contributed by atoms with Crippen molar-refractivity contribution in [3.05, 3.63) is 36.4 Å². The summed E-state index contributed by atoms with van der Waals surface area (Å²) in [5, 5.41) is 9.01. The van der Waals surface area contributed by atoms with Gasteiger partial charge in [0.05, 0.1) is 11.5 Å². The molecule has 0 amide bonds. The van der Waals surface area contributed by atoms with Gasteiger partial charge in [-0.2, -0.15) is 4.31 Å². The van der Waals surface area contributed by atoms with Crippen LogP contribution in [0.25, 0.3) is 0 Å². The van der Waals surface area contributed by atoms with E-state index in [2.05, 4.69) is 6.58 Å². The van der Waals surface area contributed by atoms with E-state index in [4.69, 9.17) is 5.11 Å². The van der Waals surface area contributed by atoms with Gasteiger partial charge in [-0.15, -0.1) is 6.58 Å². The molecule has 0 spiro atoms. The lowest BCUT2D eigenvalue weighted by atomic mass is 10.2. The molecule has 0 heterocycles. The number of rotatable bonds is 7. The lowest BCUT2D eigenvalue weighted by molar-refractivity contribution is 0.260. The molecule has 1 aromatic carbocycles. The predicted octanol–water partition coefficient (Wildman–Crippen LogP) is 1.23. The fourth-order valence-corrected chi connectivity index (χ4v) is 3.37. The summed E-state index contributed by atoms with van der Waals surface area (Å²) in [7, 11) is 0.115. The van der Waals surface area contributed by atoms with Crippen molar-refractivity contribution in [3.8, 4) is 0 Å². The van der Waals surface area contributed by atoms with Gasteiger partial charge in [-0.3, -0.25) is 0 Å². The Morgan fingerprint density at radius 3 is 2.50 bits per heavy atom. The van der Waals surface area contributed by atoms with Crippen LogP contribution in [0.4, 0.5) is 5.69 Å². The second-order valence-corrected chi connectivity index (χ2v) is 6.66. The normalized spacial score (nSPS) is 11.7. The maximum absolute atomic E-state index is 12.5. The maximum atomic E-state index is 12.5. The summed E-state index contributed by atoms with van der Waals surface area (Å²) in [5.74, 6) is 0. The number of aliphatic hydroxyl groups excluding tert-OH is 1. The van der Waals surface area contributed by atoms with Crippen LogP contribution in [0.5, 0.6) is 0 Å². The van der Waals surface area contributed by atoms with Crippen LogP contribution in [0.3, 0.4) is 0 Å². The van der Waals surface area contributed by atoms with Crippen molar-refractivity contribution in [2.75, 3.05) is 38.7 Å². The largest absolute Gasteiger partial charge is 0.395 e. The van der Waals surface area contributed by atoms with E-state index >= 15 is 0 Å². The summed E-state index contributed by atoms with van der Waals surface area (Å²) in [4.78, 5) is 2.10. The highest BCUT2D eigenvalue weighted by Crippen LogP contribution is 2.24. The van der Waals surface area contributed by atoms with Crippen LogP contribution in [0, 0.1) is 6.92 Å². The van der Waals surface area contributed by atoms with Gasteiger partial charge in [-0.1, -0.05) is 12.1 Å². The quantitative estimate of drug-likeness (QED) is 0.769. The third-order valence-corrected chi connectivity index (χ3v) is 4.84. The maximum Gasteiger partial charge on any atom is 0.243 e. The molecule has 20 heavy (non-hydrogen) atoms. The van der Waals surface area contributed by atoms with E-state index in [1.807, 2.05) is 25.9 Å². The summed E-state index contributed by atoms with van der Waals surface area (Å²) in [6.45, 7) is 5.49. The third kappa shape index (κ3) is 3.59. The summed E-state index contributed by atoms with van der Waals surface area (Å²) in [6, 6.07) is 5.02. The molecule has 6 heteroatoms. The molecule has 0 unspecified atom stereocenters. The minimum atomic E-state index is -3.62. The molecule has 5 nitrogen and oxygen atoms in total. The van der Waals surface area contributed by atoms with Gasteiger partial charge >= 0.3 is 0 Å². The van der Waals surface area contributed by atoms with Crippen LogP contribution < -0.4 is 4.90 Å². The van der Waals surface area contributed by atoms with Crippen LogP contribution in [0.15, 0.2) is 35.7 Å². The molecule has 0 saturated heterocycles. The number of hydrogen-bond donors (Lipinski definition) is 1. The van der Waals surface area contributed by atoms with Crippen LogP contribution in [-0.4, -0.2) is 51.6 Å². The minimum absolute atomic E-state index is 0.0551. The van der Waals surface area contributed by atoms with E-state index in [0.29, 0.717) is 0 Å². The average Bonchev–Trinajstić information content (AvgIpc) is 2.38. The Balaban J connectivity index is 3.26. The Hall–Kier alpha value is -1.37. The molecule has 0 aliphatic carbocycles. The van der Waals surface area contributed by atoms with E-state index in [1.54, 1.807) is 18.2 Å². The van der Waals surface area contributed by atoms with Crippen molar-refractivity contribution >= 4 is 15.7 Å². The van der Waals surface area contributed by atoms with Crippen molar-refractivity contribution in [1.82, 2.24) is 4.31 Å². The van der Waals surface area contributed by atoms with E-state index in [9.17, 15) is 8.42 Å². The molecule has 0 saturated carbocycles. The van der Waals surface area contributed by atoms with E-state index < -0.39 is 10.0 Å².